The fourth-order valence-electron chi connectivity index (χ4n) is 4.43. The number of ether oxygens (including phenoxy) is 1. The van der Waals surface area contributed by atoms with Crippen molar-refractivity contribution in [2.45, 2.75) is 26.4 Å². The first-order valence-electron chi connectivity index (χ1n) is 11.1. The van der Waals surface area contributed by atoms with Gasteiger partial charge in [-0.25, -0.2) is 9.50 Å². The van der Waals surface area contributed by atoms with Gasteiger partial charge in [-0.3, -0.25) is 4.79 Å². The van der Waals surface area contributed by atoms with Crippen molar-refractivity contribution in [2.75, 3.05) is 37.6 Å². The summed E-state index contributed by atoms with van der Waals surface area (Å²) in [6.07, 6.45) is 3.90. The summed E-state index contributed by atoms with van der Waals surface area (Å²) in [4.78, 5) is 18.6. The van der Waals surface area contributed by atoms with Crippen LogP contribution in [0.3, 0.4) is 0 Å². The average molecular weight is 437 g/mol. The first-order valence-corrected chi connectivity index (χ1v) is 11.1. The molecule has 9 heteroatoms. The number of rotatable bonds is 5. The number of amides is 1. The van der Waals surface area contributed by atoms with Gasteiger partial charge in [0.25, 0.3) is 0 Å². The molecule has 2 aromatic heterocycles. The summed E-state index contributed by atoms with van der Waals surface area (Å²) < 4.78 is 8.03. The lowest BCUT2D eigenvalue weighted by atomic mass is 10.0. The number of fused-ring (bicyclic) bond motifs is 1. The highest BCUT2D eigenvalue weighted by molar-refractivity contribution is 5.78. The Hall–Kier alpha value is -3.33. The van der Waals surface area contributed by atoms with E-state index >= 15 is 0 Å². The van der Waals surface area contributed by atoms with E-state index in [0.29, 0.717) is 24.5 Å². The molecule has 1 aromatic carbocycles. The third-order valence-corrected chi connectivity index (χ3v) is 6.35. The summed E-state index contributed by atoms with van der Waals surface area (Å²) in [6.45, 7) is 8.06. The van der Waals surface area contributed by atoms with Crippen LogP contribution in [0.15, 0.2) is 30.6 Å². The quantitative estimate of drug-likeness (QED) is 0.560. The minimum atomic E-state index is -0.182. The van der Waals surface area contributed by atoms with Gasteiger partial charge in [-0.15, -0.1) is 0 Å². The van der Waals surface area contributed by atoms with Crippen molar-refractivity contribution in [3.05, 3.63) is 36.2 Å². The molecule has 4 heterocycles. The van der Waals surface area contributed by atoms with Gasteiger partial charge in [-0.2, -0.15) is 5.10 Å². The predicted octanol–water partition coefficient (Wildman–Crippen LogP) is 1.72. The maximum Gasteiger partial charge on any atom is 0.241 e. The lowest BCUT2D eigenvalue weighted by Crippen LogP contribution is -2.43. The van der Waals surface area contributed by atoms with E-state index in [0.717, 1.165) is 48.5 Å². The molecule has 3 N–H and O–H groups in total. The third kappa shape index (κ3) is 3.84. The molecule has 2 fully saturated rings. The van der Waals surface area contributed by atoms with Crippen molar-refractivity contribution in [2.24, 2.45) is 5.92 Å². The van der Waals surface area contributed by atoms with Gasteiger partial charge in [0.1, 0.15) is 17.4 Å². The summed E-state index contributed by atoms with van der Waals surface area (Å²) in [5.74, 6) is 0.862. The zero-order valence-corrected chi connectivity index (χ0v) is 18.3. The van der Waals surface area contributed by atoms with Crippen LogP contribution in [-0.2, 0) is 4.79 Å². The molecule has 32 heavy (non-hydrogen) atoms. The van der Waals surface area contributed by atoms with Gasteiger partial charge in [0.15, 0.2) is 0 Å². The molecule has 5 rings (SSSR count). The number of aromatic hydroxyl groups is 1. The summed E-state index contributed by atoms with van der Waals surface area (Å²) in [5.41, 5.74) is 4.04. The number of carbonyl (C=O) groups excluding carboxylic acids is 1. The molecule has 2 aliphatic heterocycles. The number of phenolic OH excluding ortho intramolecular Hbond substituents is 1. The minimum Gasteiger partial charge on any atom is -0.506 e. The standard InChI is InChI=1S/C23H28N6O3/c1-14-11-26-29-13-18(16-3-4-19(20(30)9-16)28-7-5-24-6-8-28)27-23(22(14)29)32-15(2)17-10-21(31)25-12-17/h3-4,9,11,13,15,17,24,30H,5-8,10,12H2,1-2H3,(H,25,31)/t15-,17-/m1/s1. The van der Waals surface area contributed by atoms with Crippen LogP contribution in [0.1, 0.15) is 18.9 Å². The van der Waals surface area contributed by atoms with Crippen LogP contribution in [0, 0.1) is 12.8 Å². The summed E-state index contributed by atoms with van der Waals surface area (Å²) in [5, 5.41) is 21.4. The summed E-state index contributed by atoms with van der Waals surface area (Å²) in [7, 11) is 0. The Morgan fingerprint density at radius 2 is 2.09 bits per heavy atom. The highest BCUT2D eigenvalue weighted by Crippen LogP contribution is 2.34. The second-order valence-corrected chi connectivity index (χ2v) is 8.58. The number of nitrogens with zero attached hydrogens (tertiary/aromatic N) is 4. The number of piperazine rings is 1. The number of hydrogen-bond acceptors (Lipinski definition) is 7. The largest absolute Gasteiger partial charge is 0.506 e. The highest BCUT2D eigenvalue weighted by atomic mass is 16.5. The van der Waals surface area contributed by atoms with E-state index < -0.39 is 0 Å². The Labute approximate surface area is 186 Å². The van der Waals surface area contributed by atoms with Gasteiger partial charge in [0.2, 0.25) is 11.8 Å². The van der Waals surface area contributed by atoms with Gasteiger partial charge in [0.05, 0.1) is 23.8 Å². The van der Waals surface area contributed by atoms with Crippen LogP contribution < -0.4 is 20.3 Å². The van der Waals surface area contributed by atoms with Crippen LogP contribution in [0.2, 0.25) is 0 Å². The molecule has 0 saturated carbocycles. The lowest BCUT2D eigenvalue weighted by Gasteiger charge is -2.30. The molecule has 2 aliphatic rings. The fourth-order valence-corrected chi connectivity index (χ4v) is 4.43. The van der Waals surface area contributed by atoms with Crippen LogP contribution >= 0.6 is 0 Å². The van der Waals surface area contributed by atoms with Gasteiger partial charge >= 0.3 is 0 Å². The summed E-state index contributed by atoms with van der Waals surface area (Å²) in [6, 6.07) is 5.65. The first-order chi connectivity index (χ1) is 15.5. The Morgan fingerprint density at radius 3 is 2.81 bits per heavy atom. The normalized spacial score (nSPS) is 19.9. The Balaban J connectivity index is 1.48. The maximum atomic E-state index is 11.6. The number of anilines is 1. The number of phenols is 1. The lowest BCUT2D eigenvalue weighted by molar-refractivity contribution is -0.119. The molecule has 1 amide bonds. The highest BCUT2D eigenvalue weighted by Gasteiger charge is 2.29. The molecule has 2 saturated heterocycles. The molecule has 168 valence electrons. The fraction of sp³-hybridized carbons (Fsp3) is 0.435. The molecule has 2 atom stereocenters. The second-order valence-electron chi connectivity index (χ2n) is 8.58. The van der Waals surface area contributed by atoms with E-state index in [1.807, 2.05) is 32.2 Å². The summed E-state index contributed by atoms with van der Waals surface area (Å²) >= 11 is 0. The third-order valence-electron chi connectivity index (χ3n) is 6.35. The van der Waals surface area contributed by atoms with Crippen molar-refractivity contribution >= 4 is 17.1 Å². The van der Waals surface area contributed by atoms with Gasteiger partial charge < -0.3 is 25.4 Å². The van der Waals surface area contributed by atoms with Crippen molar-refractivity contribution in [3.8, 4) is 22.9 Å². The van der Waals surface area contributed by atoms with Crippen LogP contribution in [0.4, 0.5) is 5.69 Å². The van der Waals surface area contributed by atoms with Crippen molar-refractivity contribution in [1.82, 2.24) is 25.2 Å². The van der Waals surface area contributed by atoms with Gasteiger partial charge in [-0.05, 0) is 26.0 Å². The number of carbonyl (C=O) groups is 1. The minimum absolute atomic E-state index is 0.0536. The van der Waals surface area contributed by atoms with Crippen LogP contribution in [0.5, 0.6) is 11.6 Å². The first kappa shape index (κ1) is 20.6. The molecule has 0 bridgehead atoms. The van der Waals surface area contributed by atoms with Crippen molar-refractivity contribution in [3.63, 3.8) is 0 Å². The van der Waals surface area contributed by atoms with E-state index in [1.54, 1.807) is 16.8 Å². The number of benzene rings is 1. The molecule has 0 spiro atoms. The molecular weight excluding hydrogens is 408 g/mol. The number of hydrogen-bond donors (Lipinski definition) is 3. The molecular formula is C23H28N6O3. The topological polar surface area (TPSA) is 104 Å². The van der Waals surface area contributed by atoms with E-state index in [-0.39, 0.29) is 23.7 Å². The van der Waals surface area contributed by atoms with E-state index in [9.17, 15) is 9.90 Å². The molecule has 0 unspecified atom stereocenters. The number of aromatic nitrogens is 3. The Bertz CT molecular complexity index is 1150. The number of aryl methyl sites for hydroxylation is 1. The zero-order valence-electron chi connectivity index (χ0n) is 18.3. The molecule has 9 nitrogen and oxygen atoms in total. The Kier molecular flexibility index (Phi) is 5.34. The molecule has 0 radical (unpaired) electrons. The number of nitrogens with one attached hydrogen (secondary N) is 2. The van der Waals surface area contributed by atoms with E-state index in [2.05, 4.69) is 20.6 Å². The monoisotopic (exact) mass is 436 g/mol. The van der Waals surface area contributed by atoms with E-state index in [1.165, 1.54) is 0 Å². The van der Waals surface area contributed by atoms with Crippen molar-refractivity contribution < 1.29 is 14.6 Å². The van der Waals surface area contributed by atoms with Crippen LogP contribution in [0.25, 0.3) is 16.8 Å². The SMILES string of the molecule is Cc1cnn2cc(-c3ccc(N4CCNCC4)c(O)c3)nc(O[C@H](C)[C@H]3CNC(=O)C3)c12. The molecule has 3 aromatic rings. The predicted molar refractivity (Wildman–Crippen MR) is 121 cm³/mol. The smallest absolute Gasteiger partial charge is 0.241 e. The second kappa shape index (κ2) is 8.31. The van der Waals surface area contributed by atoms with Crippen LogP contribution in [-0.4, -0.2) is 64.4 Å². The van der Waals surface area contributed by atoms with Crippen molar-refractivity contribution in [1.29, 1.82) is 0 Å². The van der Waals surface area contributed by atoms with Gasteiger partial charge in [0, 0.05) is 56.2 Å². The maximum absolute atomic E-state index is 11.6. The Morgan fingerprint density at radius 1 is 1.28 bits per heavy atom. The average Bonchev–Trinajstić information content (AvgIpc) is 3.40. The van der Waals surface area contributed by atoms with E-state index in [4.69, 9.17) is 9.72 Å². The molecule has 0 aliphatic carbocycles. The van der Waals surface area contributed by atoms with Gasteiger partial charge in [-0.1, -0.05) is 6.07 Å². The zero-order chi connectivity index (χ0) is 22.2.